The van der Waals surface area contributed by atoms with Crippen LogP contribution >= 0.6 is 12.6 Å². The minimum Gasteiger partial charge on any atom is -0.234 e. The third kappa shape index (κ3) is 11.8. The lowest BCUT2D eigenvalue weighted by molar-refractivity contribution is 0.565. The van der Waals surface area contributed by atoms with Crippen molar-refractivity contribution in [2.24, 2.45) is 0 Å². The van der Waals surface area contributed by atoms with Gasteiger partial charge in [-0.3, -0.25) is 0 Å². The van der Waals surface area contributed by atoms with E-state index in [-0.39, 0.29) is 0 Å². The van der Waals surface area contributed by atoms with E-state index in [9.17, 15) is 4.79 Å². The van der Waals surface area contributed by atoms with Crippen LogP contribution in [-0.2, 0) is 4.79 Å². The van der Waals surface area contributed by atoms with Gasteiger partial charge in [0.2, 0.25) is 0 Å². The summed E-state index contributed by atoms with van der Waals surface area (Å²) in [5, 5.41) is 0. The molecule has 0 aliphatic heterocycles. The van der Waals surface area contributed by atoms with Crippen molar-refractivity contribution in [2.45, 2.75) is 57.8 Å². The smallest absolute Gasteiger partial charge is 0.120 e. The summed E-state index contributed by atoms with van der Waals surface area (Å²) in [7, 11) is 0. The highest BCUT2D eigenvalue weighted by Gasteiger charge is 1.90. The molecule has 0 saturated carbocycles. The Bertz CT molecular complexity index is 150. The molecule has 0 aromatic heterocycles. The van der Waals surface area contributed by atoms with Crippen LogP contribution in [0.5, 0.6) is 0 Å². The molecule has 0 aliphatic rings. The average Bonchev–Trinajstić information content (AvgIpc) is 2.21. The largest absolute Gasteiger partial charge is 0.234 e. The molecule has 0 aliphatic carbocycles. The van der Waals surface area contributed by atoms with E-state index in [1.165, 1.54) is 44.9 Å². The molecule has 0 aromatic carbocycles. The van der Waals surface area contributed by atoms with Gasteiger partial charge in [-0.1, -0.05) is 38.5 Å². The number of hydrogen-bond donors (Lipinski definition) is 1. The number of hydrogen-bond acceptors (Lipinski definition) is 2. The topological polar surface area (TPSA) is 17.1 Å². The van der Waals surface area contributed by atoms with Gasteiger partial charge in [0.1, 0.15) is 5.94 Å². The Balaban J connectivity index is 2.88. The summed E-state index contributed by atoms with van der Waals surface area (Å²) in [4.78, 5) is 9.85. The van der Waals surface area contributed by atoms with Crippen LogP contribution < -0.4 is 0 Å². The second-order valence-corrected chi connectivity index (χ2v) is 4.11. The summed E-state index contributed by atoms with van der Waals surface area (Å²) in [6, 6.07) is 0. The molecule has 0 bridgehead atoms. The normalized spacial score (nSPS) is 9.79. The Morgan fingerprint density at radius 3 is 1.86 bits per heavy atom. The zero-order valence-electron chi connectivity index (χ0n) is 9.00. The van der Waals surface area contributed by atoms with Crippen LogP contribution in [0.3, 0.4) is 0 Å². The molecule has 0 N–H and O–H groups in total. The highest BCUT2D eigenvalue weighted by Crippen LogP contribution is 2.09. The van der Waals surface area contributed by atoms with Gasteiger partial charge < -0.3 is 0 Å². The summed E-state index contributed by atoms with van der Waals surface area (Å²) in [5.74, 6) is 2.84. The van der Waals surface area contributed by atoms with E-state index in [1.807, 2.05) is 5.94 Å². The maximum Gasteiger partial charge on any atom is 0.120 e. The molecule has 0 atom stereocenters. The van der Waals surface area contributed by atoms with Gasteiger partial charge >= 0.3 is 0 Å². The summed E-state index contributed by atoms with van der Waals surface area (Å²) < 4.78 is 0. The first kappa shape index (κ1) is 13.8. The fraction of sp³-hybridized carbons (Fsp3) is 0.833. The van der Waals surface area contributed by atoms with E-state index in [2.05, 4.69) is 12.6 Å². The van der Waals surface area contributed by atoms with Gasteiger partial charge in [-0.2, -0.15) is 12.6 Å². The quantitative estimate of drug-likeness (QED) is 0.332. The Kier molecular flexibility index (Phi) is 12.6. The monoisotopic (exact) mass is 214 g/mol. The number of rotatable bonds is 10. The molecule has 0 radical (unpaired) electrons. The number of carbonyl (C=O) groups excluding carboxylic acids is 1. The molecule has 0 aromatic rings. The predicted molar refractivity (Wildman–Crippen MR) is 65.7 cm³/mol. The molecule has 0 saturated heterocycles. The van der Waals surface area contributed by atoms with Crippen molar-refractivity contribution in [3.63, 3.8) is 0 Å². The van der Waals surface area contributed by atoms with E-state index in [0.717, 1.165) is 18.6 Å². The Morgan fingerprint density at radius 2 is 1.36 bits per heavy atom. The third-order valence-corrected chi connectivity index (χ3v) is 2.66. The van der Waals surface area contributed by atoms with Crippen molar-refractivity contribution in [1.29, 1.82) is 0 Å². The van der Waals surface area contributed by atoms with Crippen molar-refractivity contribution in [3.8, 4) is 0 Å². The molecule has 14 heavy (non-hydrogen) atoms. The summed E-state index contributed by atoms with van der Waals surface area (Å²) in [5.41, 5.74) is 0. The second-order valence-electron chi connectivity index (χ2n) is 3.66. The van der Waals surface area contributed by atoms with Gasteiger partial charge in [0.05, 0.1) is 0 Å². The van der Waals surface area contributed by atoms with E-state index in [4.69, 9.17) is 0 Å². The zero-order chi connectivity index (χ0) is 10.5. The minimum absolute atomic E-state index is 0.906. The van der Waals surface area contributed by atoms with Gasteiger partial charge in [-0.05, 0) is 31.1 Å². The van der Waals surface area contributed by atoms with Crippen LogP contribution in [0, 0.1) is 0 Å². The highest BCUT2D eigenvalue weighted by atomic mass is 32.1. The van der Waals surface area contributed by atoms with Gasteiger partial charge in [-0.25, -0.2) is 4.79 Å². The first-order valence-electron chi connectivity index (χ1n) is 5.72. The molecule has 0 amide bonds. The van der Waals surface area contributed by atoms with Crippen LogP contribution in [0.2, 0.25) is 0 Å². The molecule has 0 unspecified atom stereocenters. The highest BCUT2D eigenvalue weighted by molar-refractivity contribution is 7.80. The van der Waals surface area contributed by atoms with Gasteiger partial charge in [0.15, 0.2) is 0 Å². The molecule has 82 valence electrons. The summed E-state index contributed by atoms with van der Waals surface area (Å²) in [6.07, 6.45) is 12.9. The number of allylic oxidation sites excluding steroid dienone is 1. The zero-order valence-corrected chi connectivity index (χ0v) is 9.90. The van der Waals surface area contributed by atoms with E-state index in [0.29, 0.717) is 0 Å². The fourth-order valence-electron chi connectivity index (χ4n) is 1.48. The first-order valence-corrected chi connectivity index (χ1v) is 6.35. The predicted octanol–water partition coefficient (Wildman–Crippen LogP) is 3.81. The van der Waals surface area contributed by atoms with Crippen molar-refractivity contribution >= 4 is 18.6 Å². The van der Waals surface area contributed by atoms with Crippen molar-refractivity contribution in [3.05, 3.63) is 6.08 Å². The second kappa shape index (κ2) is 12.8. The molecule has 1 nitrogen and oxygen atoms in total. The van der Waals surface area contributed by atoms with E-state index in [1.54, 1.807) is 6.08 Å². The molecular formula is C12H22OS. The fourth-order valence-corrected chi connectivity index (χ4v) is 1.70. The number of unbranched alkanes of at least 4 members (excludes halogenated alkanes) is 8. The molecule has 0 heterocycles. The molecule has 0 spiro atoms. The maximum atomic E-state index is 9.85. The lowest BCUT2D eigenvalue weighted by Gasteiger charge is -1.99. The van der Waals surface area contributed by atoms with Crippen LogP contribution in [0.1, 0.15) is 57.8 Å². The SMILES string of the molecule is O=C=CCCCCCCCCCCS. The first-order chi connectivity index (χ1) is 6.91. The van der Waals surface area contributed by atoms with Gasteiger partial charge in [0.25, 0.3) is 0 Å². The van der Waals surface area contributed by atoms with Crippen molar-refractivity contribution in [2.75, 3.05) is 5.75 Å². The molecular weight excluding hydrogens is 192 g/mol. The molecule has 0 fully saturated rings. The lowest BCUT2D eigenvalue weighted by Crippen LogP contribution is -1.81. The third-order valence-electron chi connectivity index (χ3n) is 2.34. The average molecular weight is 214 g/mol. The Hall–Kier alpha value is -0.200. The Labute approximate surface area is 93.4 Å². The van der Waals surface area contributed by atoms with Crippen LogP contribution in [0.4, 0.5) is 0 Å². The van der Waals surface area contributed by atoms with E-state index >= 15 is 0 Å². The summed E-state index contributed by atoms with van der Waals surface area (Å²) in [6.45, 7) is 0. The maximum absolute atomic E-state index is 9.85. The minimum atomic E-state index is 0.906. The van der Waals surface area contributed by atoms with Crippen molar-refractivity contribution < 1.29 is 4.79 Å². The summed E-state index contributed by atoms with van der Waals surface area (Å²) >= 11 is 4.18. The number of thiol groups is 1. The van der Waals surface area contributed by atoms with Crippen LogP contribution in [0.15, 0.2) is 6.08 Å². The molecule has 2 heteroatoms. The Morgan fingerprint density at radius 1 is 0.857 bits per heavy atom. The van der Waals surface area contributed by atoms with Crippen LogP contribution in [0.25, 0.3) is 0 Å². The lowest BCUT2D eigenvalue weighted by atomic mass is 10.1. The van der Waals surface area contributed by atoms with Gasteiger partial charge in [0, 0.05) is 0 Å². The van der Waals surface area contributed by atoms with Gasteiger partial charge in [-0.15, -0.1) is 0 Å². The molecule has 0 rings (SSSR count). The van der Waals surface area contributed by atoms with Crippen molar-refractivity contribution in [1.82, 2.24) is 0 Å². The standard InChI is InChI=1S/C12H22OS/c13-11-9-7-5-3-1-2-4-6-8-10-12-14/h9,14H,1-8,10,12H2. The van der Waals surface area contributed by atoms with Crippen LogP contribution in [-0.4, -0.2) is 11.7 Å². The van der Waals surface area contributed by atoms with E-state index < -0.39 is 0 Å².